The number of hydrogen-bond acceptors (Lipinski definition) is 4. The smallest absolute Gasteiger partial charge is 0.191 e. The minimum Gasteiger partial charge on any atom is -0.469 e. The van der Waals surface area contributed by atoms with E-state index in [9.17, 15) is 0 Å². The Morgan fingerprint density at radius 3 is 2.95 bits per heavy atom. The van der Waals surface area contributed by atoms with Crippen molar-refractivity contribution in [3.63, 3.8) is 0 Å². The largest absolute Gasteiger partial charge is 0.469 e. The lowest BCUT2D eigenvalue weighted by Crippen LogP contribution is -2.38. The molecule has 2 heterocycles. The summed E-state index contributed by atoms with van der Waals surface area (Å²) in [6.07, 6.45) is 5.51. The van der Waals surface area contributed by atoms with E-state index in [0.717, 1.165) is 42.7 Å². The Morgan fingerprint density at radius 1 is 1.38 bits per heavy atom. The quantitative estimate of drug-likeness (QED) is 0.610. The van der Waals surface area contributed by atoms with E-state index in [2.05, 4.69) is 34.5 Å². The van der Waals surface area contributed by atoms with Crippen molar-refractivity contribution in [1.29, 1.82) is 0 Å². The summed E-state index contributed by atoms with van der Waals surface area (Å²) in [5, 5.41) is 7.60. The van der Waals surface area contributed by atoms with Gasteiger partial charge >= 0.3 is 0 Å². The Hall–Kier alpha value is -1.82. The van der Waals surface area contributed by atoms with Crippen molar-refractivity contribution in [3.8, 4) is 0 Å². The van der Waals surface area contributed by atoms with Gasteiger partial charge in [-0.2, -0.15) is 0 Å². The predicted molar refractivity (Wildman–Crippen MR) is 86.7 cm³/mol. The van der Waals surface area contributed by atoms with Crippen LogP contribution in [0.4, 0.5) is 0 Å². The second-order valence-corrected chi connectivity index (χ2v) is 5.72. The average molecular weight is 306 g/mol. The zero-order chi connectivity index (χ0) is 14.9. The number of guanidine groups is 1. The summed E-state index contributed by atoms with van der Waals surface area (Å²) in [6.45, 7) is 6.44. The highest BCUT2D eigenvalue weighted by atomic mass is 32.1. The van der Waals surface area contributed by atoms with Gasteiger partial charge in [-0.3, -0.25) is 0 Å². The third kappa shape index (κ3) is 5.23. The van der Waals surface area contributed by atoms with Gasteiger partial charge in [-0.25, -0.2) is 9.98 Å². The lowest BCUT2D eigenvalue weighted by molar-refractivity contribution is 0.507. The minimum absolute atomic E-state index is 0.612. The molecule has 0 bridgehead atoms. The normalized spacial score (nSPS) is 11.6. The van der Waals surface area contributed by atoms with E-state index < -0.39 is 0 Å². The number of nitrogens with one attached hydrogen (secondary N) is 2. The van der Waals surface area contributed by atoms with E-state index >= 15 is 0 Å². The summed E-state index contributed by atoms with van der Waals surface area (Å²) in [5.41, 5.74) is 0. The fourth-order valence-corrected chi connectivity index (χ4v) is 2.62. The summed E-state index contributed by atoms with van der Waals surface area (Å²) in [7, 11) is 0. The molecular formula is C15H22N4OS. The summed E-state index contributed by atoms with van der Waals surface area (Å²) >= 11 is 1.73. The number of aliphatic imine (C=N–C) groups is 1. The molecular weight excluding hydrogens is 284 g/mol. The molecule has 2 aromatic rings. The van der Waals surface area contributed by atoms with Crippen molar-refractivity contribution in [2.75, 3.05) is 13.1 Å². The fraction of sp³-hybridized carbons (Fsp3) is 0.467. The summed E-state index contributed by atoms with van der Waals surface area (Å²) in [5.74, 6) is 1.79. The van der Waals surface area contributed by atoms with Gasteiger partial charge in [0, 0.05) is 30.6 Å². The number of rotatable bonds is 7. The molecule has 114 valence electrons. The maximum absolute atomic E-state index is 5.31. The molecule has 0 unspecified atom stereocenters. The zero-order valence-corrected chi connectivity index (χ0v) is 13.4. The Labute approximate surface area is 129 Å². The van der Waals surface area contributed by atoms with E-state index in [-0.39, 0.29) is 0 Å². The lowest BCUT2D eigenvalue weighted by atomic mass is 10.3. The van der Waals surface area contributed by atoms with Crippen LogP contribution in [-0.4, -0.2) is 24.0 Å². The third-order valence-corrected chi connectivity index (χ3v) is 4.04. The van der Waals surface area contributed by atoms with Gasteiger partial charge in [0.2, 0.25) is 0 Å². The monoisotopic (exact) mass is 306 g/mol. The number of thiazole rings is 1. The molecule has 0 spiro atoms. The molecule has 0 saturated carbocycles. The van der Waals surface area contributed by atoms with E-state index in [4.69, 9.17) is 4.42 Å². The molecule has 0 amide bonds. The van der Waals surface area contributed by atoms with Crippen LogP contribution in [0.5, 0.6) is 0 Å². The van der Waals surface area contributed by atoms with Crippen LogP contribution in [0.25, 0.3) is 0 Å². The number of nitrogens with zero attached hydrogens (tertiary/aromatic N) is 2. The highest BCUT2D eigenvalue weighted by Crippen LogP contribution is 2.13. The van der Waals surface area contributed by atoms with Gasteiger partial charge in [0.05, 0.1) is 12.8 Å². The van der Waals surface area contributed by atoms with E-state index in [1.807, 2.05) is 18.3 Å². The number of aromatic nitrogens is 1. The molecule has 2 rings (SSSR count). The van der Waals surface area contributed by atoms with Crippen LogP contribution in [0.1, 0.15) is 29.5 Å². The predicted octanol–water partition coefficient (Wildman–Crippen LogP) is 2.60. The molecule has 5 nitrogen and oxygen atoms in total. The van der Waals surface area contributed by atoms with Gasteiger partial charge in [-0.05, 0) is 25.5 Å². The lowest BCUT2D eigenvalue weighted by Gasteiger charge is -2.10. The van der Waals surface area contributed by atoms with Crippen LogP contribution in [0.3, 0.4) is 0 Å². The van der Waals surface area contributed by atoms with E-state index in [0.29, 0.717) is 6.54 Å². The minimum atomic E-state index is 0.612. The SMILES string of the molecule is CCNC(=NCc1ncc(CC)s1)NCCc1ccco1. The van der Waals surface area contributed by atoms with Crippen molar-refractivity contribution in [1.82, 2.24) is 15.6 Å². The Morgan fingerprint density at radius 2 is 2.29 bits per heavy atom. The van der Waals surface area contributed by atoms with Crippen LogP contribution < -0.4 is 10.6 Å². The van der Waals surface area contributed by atoms with E-state index in [1.165, 1.54) is 4.88 Å². The Balaban J connectivity index is 1.83. The van der Waals surface area contributed by atoms with Crippen molar-refractivity contribution < 1.29 is 4.42 Å². The summed E-state index contributed by atoms with van der Waals surface area (Å²) < 4.78 is 5.31. The molecule has 2 N–H and O–H groups in total. The highest BCUT2D eigenvalue weighted by Gasteiger charge is 2.02. The third-order valence-electron chi connectivity index (χ3n) is 2.91. The van der Waals surface area contributed by atoms with Gasteiger partial charge in [-0.1, -0.05) is 6.92 Å². The molecule has 0 radical (unpaired) electrons. The number of furan rings is 1. The molecule has 0 aliphatic carbocycles. The van der Waals surface area contributed by atoms with Crippen molar-refractivity contribution in [3.05, 3.63) is 40.2 Å². The van der Waals surface area contributed by atoms with Crippen LogP contribution in [0, 0.1) is 0 Å². The van der Waals surface area contributed by atoms with Crippen molar-refractivity contribution in [2.24, 2.45) is 4.99 Å². The van der Waals surface area contributed by atoms with Crippen molar-refractivity contribution >= 4 is 17.3 Å². The first-order valence-electron chi connectivity index (χ1n) is 7.30. The van der Waals surface area contributed by atoms with Gasteiger partial charge in [0.15, 0.2) is 5.96 Å². The topological polar surface area (TPSA) is 62.5 Å². The molecule has 0 aliphatic rings. The maximum Gasteiger partial charge on any atom is 0.191 e. The first-order chi connectivity index (χ1) is 10.3. The van der Waals surface area contributed by atoms with Crippen LogP contribution in [0.15, 0.2) is 34.0 Å². The molecule has 0 aromatic carbocycles. The molecule has 0 atom stereocenters. The number of hydrogen-bond donors (Lipinski definition) is 2. The van der Waals surface area contributed by atoms with Crippen LogP contribution in [0.2, 0.25) is 0 Å². The molecule has 6 heteroatoms. The fourth-order valence-electron chi connectivity index (χ4n) is 1.83. The molecule has 0 saturated heterocycles. The molecule has 0 aliphatic heterocycles. The average Bonchev–Trinajstić information content (AvgIpc) is 3.16. The van der Waals surface area contributed by atoms with Crippen LogP contribution in [-0.2, 0) is 19.4 Å². The molecule has 2 aromatic heterocycles. The number of aryl methyl sites for hydroxylation is 1. The van der Waals surface area contributed by atoms with Gasteiger partial charge in [-0.15, -0.1) is 11.3 Å². The maximum atomic E-state index is 5.31. The second-order valence-electron chi connectivity index (χ2n) is 4.53. The van der Waals surface area contributed by atoms with Gasteiger partial charge in [0.25, 0.3) is 0 Å². The summed E-state index contributed by atoms with van der Waals surface area (Å²) in [4.78, 5) is 10.2. The molecule has 21 heavy (non-hydrogen) atoms. The highest BCUT2D eigenvalue weighted by molar-refractivity contribution is 7.11. The van der Waals surface area contributed by atoms with Gasteiger partial charge < -0.3 is 15.1 Å². The zero-order valence-electron chi connectivity index (χ0n) is 12.6. The second kappa shape index (κ2) is 8.46. The van der Waals surface area contributed by atoms with Gasteiger partial charge in [0.1, 0.15) is 10.8 Å². The summed E-state index contributed by atoms with van der Waals surface area (Å²) in [6, 6.07) is 3.88. The Kier molecular flexibility index (Phi) is 6.27. The standard InChI is InChI=1S/C15H22N4OS/c1-3-13-10-18-14(21-13)11-19-15(16-4-2)17-8-7-12-6-5-9-20-12/h5-6,9-10H,3-4,7-8,11H2,1-2H3,(H2,16,17,19). The van der Waals surface area contributed by atoms with Crippen molar-refractivity contribution in [2.45, 2.75) is 33.2 Å². The van der Waals surface area contributed by atoms with Crippen LogP contribution >= 0.6 is 11.3 Å². The van der Waals surface area contributed by atoms with E-state index in [1.54, 1.807) is 17.6 Å². The molecule has 0 fully saturated rings. The first kappa shape index (κ1) is 15.6. The Bertz CT molecular complexity index is 548. The first-order valence-corrected chi connectivity index (χ1v) is 8.11.